The fourth-order valence-electron chi connectivity index (χ4n) is 1.51. The van der Waals surface area contributed by atoms with Gasteiger partial charge in [-0.1, -0.05) is 24.6 Å². The minimum atomic E-state index is -0.545. The molecular weight excluding hydrogens is 229 g/mol. The third-order valence-corrected chi connectivity index (χ3v) is 3.37. The van der Waals surface area contributed by atoms with E-state index in [1.165, 1.54) is 12.1 Å². The van der Waals surface area contributed by atoms with Gasteiger partial charge in [-0.25, -0.2) is 4.39 Å². The molecule has 0 saturated carbocycles. The number of aliphatic hydroxyl groups is 1. The highest BCUT2D eigenvalue weighted by Crippen LogP contribution is 2.27. The second-order valence-electron chi connectivity index (χ2n) is 4.46. The zero-order valence-corrected chi connectivity index (χ0v) is 10.3. The second-order valence-corrected chi connectivity index (χ2v) is 4.87. The summed E-state index contributed by atoms with van der Waals surface area (Å²) >= 11 is 5.60. The number of halogens is 2. The van der Waals surface area contributed by atoms with Gasteiger partial charge in [-0.2, -0.15) is 0 Å². The maximum atomic E-state index is 13.2. The van der Waals surface area contributed by atoms with E-state index in [1.807, 2.05) is 6.92 Å². The Morgan fingerprint density at radius 3 is 2.62 bits per heavy atom. The first-order valence-corrected chi connectivity index (χ1v) is 5.59. The average molecular weight is 246 g/mol. The van der Waals surface area contributed by atoms with Crippen LogP contribution in [0.3, 0.4) is 0 Å². The van der Waals surface area contributed by atoms with E-state index < -0.39 is 17.3 Å². The highest BCUT2D eigenvalue weighted by atomic mass is 35.5. The predicted octanol–water partition coefficient (Wildman–Crippen LogP) is 2.37. The third-order valence-electron chi connectivity index (χ3n) is 3.07. The van der Waals surface area contributed by atoms with Crippen LogP contribution in [0.15, 0.2) is 18.2 Å². The molecule has 0 amide bonds. The predicted molar refractivity (Wildman–Crippen MR) is 64.0 cm³/mol. The fraction of sp³-hybridized carbons (Fsp3) is 0.500. The molecule has 1 aromatic carbocycles. The van der Waals surface area contributed by atoms with E-state index in [0.29, 0.717) is 13.0 Å². The van der Waals surface area contributed by atoms with Crippen LogP contribution in [-0.4, -0.2) is 17.8 Å². The first kappa shape index (κ1) is 13.4. The Morgan fingerprint density at radius 2 is 2.19 bits per heavy atom. The molecule has 0 aliphatic heterocycles. The van der Waals surface area contributed by atoms with E-state index in [1.54, 1.807) is 13.0 Å². The Bertz CT molecular complexity index is 370. The van der Waals surface area contributed by atoms with Crippen molar-refractivity contribution in [3.05, 3.63) is 34.6 Å². The maximum absolute atomic E-state index is 13.2. The van der Waals surface area contributed by atoms with Gasteiger partial charge in [0.1, 0.15) is 5.82 Å². The van der Waals surface area contributed by atoms with Crippen LogP contribution in [-0.2, 0) is 6.42 Å². The molecule has 0 aliphatic rings. The fourth-order valence-corrected chi connectivity index (χ4v) is 1.62. The lowest BCUT2D eigenvalue weighted by Crippen LogP contribution is -2.39. The van der Waals surface area contributed by atoms with E-state index in [4.69, 9.17) is 17.3 Å². The molecule has 16 heavy (non-hydrogen) atoms. The van der Waals surface area contributed by atoms with Crippen molar-refractivity contribution < 1.29 is 9.50 Å². The number of benzene rings is 1. The summed E-state index contributed by atoms with van der Waals surface area (Å²) in [5.74, 6) is -0.441. The van der Waals surface area contributed by atoms with Crippen molar-refractivity contribution in [3.8, 4) is 0 Å². The Kier molecular flexibility index (Phi) is 4.30. The van der Waals surface area contributed by atoms with Gasteiger partial charge in [-0.15, -0.1) is 0 Å². The Labute approximate surface area is 100 Å². The zero-order valence-electron chi connectivity index (χ0n) is 9.50. The highest BCUT2D eigenvalue weighted by Gasteiger charge is 2.28. The average Bonchev–Trinajstić information content (AvgIpc) is 2.23. The minimum absolute atomic E-state index is 0.107. The van der Waals surface area contributed by atoms with Gasteiger partial charge < -0.3 is 10.8 Å². The monoisotopic (exact) mass is 245 g/mol. The molecule has 0 heterocycles. The molecule has 2 unspecified atom stereocenters. The molecule has 4 heteroatoms. The van der Waals surface area contributed by atoms with Crippen molar-refractivity contribution in [2.75, 3.05) is 6.54 Å². The number of hydrogen-bond donors (Lipinski definition) is 2. The van der Waals surface area contributed by atoms with Crippen molar-refractivity contribution in [1.82, 2.24) is 0 Å². The van der Waals surface area contributed by atoms with Crippen LogP contribution in [0, 0.1) is 11.2 Å². The van der Waals surface area contributed by atoms with Crippen molar-refractivity contribution >= 4 is 11.6 Å². The summed E-state index contributed by atoms with van der Waals surface area (Å²) in [7, 11) is 0. The highest BCUT2D eigenvalue weighted by molar-refractivity contribution is 6.30. The first-order valence-electron chi connectivity index (χ1n) is 5.21. The van der Waals surface area contributed by atoms with E-state index >= 15 is 0 Å². The molecule has 0 aliphatic carbocycles. The van der Waals surface area contributed by atoms with Crippen molar-refractivity contribution in [1.29, 1.82) is 0 Å². The zero-order chi connectivity index (χ0) is 12.3. The molecule has 1 rings (SSSR count). The van der Waals surface area contributed by atoms with Crippen LogP contribution in [0.4, 0.5) is 4.39 Å². The van der Waals surface area contributed by atoms with Gasteiger partial charge in [0.05, 0.1) is 11.1 Å². The second kappa shape index (κ2) is 5.13. The Morgan fingerprint density at radius 1 is 1.56 bits per heavy atom. The molecule has 0 aromatic heterocycles. The van der Waals surface area contributed by atoms with Crippen LogP contribution in [0.1, 0.15) is 19.4 Å². The van der Waals surface area contributed by atoms with Gasteiger partial charge in [0.25, 0.3) is 0 Å². The van der Waals surface area contributed by atoms with Crippen LogP contribution in [0.25, 0.3) is 0 Å². The quantitative estimate of drug-likeness (QED) is 0.856. The van der Waals surface area contributed by atoms with E-state index in [9.17, 15) is 9.50 Å². The molecular formula is C12H17ClFNO. The van der Waals surface area contributed by atoms with Crippen LogP contribution in [0.5, 0.6) is 0 Å². The lowest BCUT2D eigenvalue weighted by Gasteiger charge is -2.31. The smallest absolute Gasteiger partial charge is 0.142 e. The largest absolute Gasteiger partial charge is 0.393 e. The summed E-state index contributed by atoms with van der Waals surface area (Å²) in [6, 6.07) is 4.66. The van der Waals surface area contributed by atoms with Gasteiger partial charge in [0, 0.05) is 12.0 Å². The Balaban J connectivity index is 2.90. The Hall–Kier alpha value is -0.640. The standard InChI is InChI=1S/C12H17ClFNO/c1-8(16)12(2,7-15)6-9-3-4-10(13)11(14)5-9/h3-5,8,16H,6-7,15H2,1-2H3. The molecule has 2 atom stereocenters. The molecule has 0 bridgehead atoms. The minimum Gasteiger partial charge on any atom is -0.393 e. The van der Waals surface area contributed by atoms with Crippen molar-refractivity contribution in [3.63, 3.8) is 0 Å². The van der Waals surface area contributed by atoms with Crippen LogP contribution < -0.4 is 5.73 Å². The lowest BCUT2D eigenvalue weighted by atomic mass is 9.79. The summed E-state index contributed by atoms with van der Waals surface area (Å²) in [6.45, 7) is 3.91. The summed E-state index contributed by atoms with van der Waals surface area (Å²) < 4.78 is 13.2. The molecule has 2 nitrogen and oxygen atoms in total. The lowest BCUT2D eigenvalue weighted by molar-refractivity contribution is 0.0588. The molecule has 90 valence electrons. The van der Waals surface area contributed by atoms with Gasteiger partial charge in [-0.3, -0.25) is 0 Å². The molecule has 3 N–H and O–H groups in total. The number of aliphatic hydroxyl groups excluding tert-OH is 1. The van der Waals surface area contributed by atoms with Crippen molar-refractivity contribution in [2.45, 2.75) is 26.4 Å². The molecule has 0 saturated heterocycles. The summed E-state index contributed by atoms with van der Waals surface area (Å²) in [5, 5.41) is 9.76. The molecule has 0 radical (unpaired) electrons. The van der Waals surface area contributed by atoms with Crippen LogP contribution in [0.2, 0.25) is 5.02 Å². The normalized spacial score (nSPS) is 16.9. The summed E-state index contributed by atoms with van der Waals surface area (Å²) in [5.41, 5.74) is 5.99. The van der Waals surface area contributed by atoms with Gasteiger partial charge in [0.2, 0.25) is 0 Å². The van der Waals surface area contributed by atoms with Gasteiger partial charge in [-0.05, 0) is 31.0 Å². The maximum Gasteiger partial charge on any atom is 0.142 e. The SMILES string of the molecule is CC(O)C(C)(CN)Cc1ccc(Cl)c(F)c1. The topological polar surface area (TPSA) is 46.2 Å². The molecule has 1 aromatic rings. The summed E-state index contributed by atoms with van der Waals surface area (Å²) in [4.78, 5) is 0. The number of nitrogens with two attached hydrogens (primary N) is 1. The van der Waals surface area contributed by atoms with Gasteiger partial charge in [0.15, 0.2) is 0 Å². The first-order chi connectivity index (χ1) is 7.39. The summed E-state index contributed by atoms with van der Waals surface area (Å²) in [6.07, 6.45) is -0.0221. The van der Waals surface area contributed by atoms with Gasteiger partial charge >= 0.3 is 0 Å². The van der Waals surface area contributed by atoms with Crippen molar-refractivity contribution in [2.24, 2.45) is 11.1 Å². The van der Waals surface area contributed by atoms with E-state index in [2.05, 4.69) is 0 Å². The van der Waals surface area contributed by atoms with E-state index in [-0.39, 0.29) is 5.02 Å². The third kappa shape index (κ3) is 2.94. The number of hydrogen-bond acceptors (Lipinski definition) is 2. The molecule has 0 fully saturated rings. The number of rotatable bonds is 4. The van der Waals surface area contributed by atoms with Crippen LogP contribution >= 0.6 is 11.6 Å². The molecule has 0 spiro atoms. The van der Waals surface area contributed by atoms with E-state index in [0.717, 1.165) is 5.56 Å².